The first-order chi connectivity index (χ1) is 9.56. The predicted molar refractivity (Wildman–Crippen MR) is 88.0 cm³/mol. The van der Waals surface area contributed by atoms with Crippen LogP contribution in [0.1, 0.15) is 19.4 Å². The molecule has 108 valence electrons. The van der Waals surface area contributed by atoms with Crippen molar-refractivity contribution in [1.29, 1.82) is 0 Å². The van der Waals surface area contributed by atoms with Crippen molar-refractivity contribution in [2.75, 3.05) is 20.6 Å². The van der Waals surface area contributed by atoms with Gasteiger partial charge in [0.15, 0.2) is 0 Å². The van der Waals surface area contributed by atoms with Crippen molar-refractivity contribution in [1.82, 2.24) is 10.2 Å². The lowest BCUT2D eigenvalue weighted by atomic mass is 10.0. The maximum Gasteiger partial charge on any atom is 0.0220 e. The summed E-state index contributed by atoms with van der Waals surface area (Å²) in [7, 11) is 4.26. The van der Waals surface area contributed by atoms with E-state index in [2.05, 4.69) is 80.6 Å². The van der Waals surface area contributed by atoms with Crippen LogP contribution < -0.4 is 5.32 Å². The monoisotopic (exact) mass is 270 g/mol. The van der Waals surface area contributed by atoms with Gasteiger partial charge in [0.05, 0.1) is 0 Å². The summed E-state index contributed by atoms with van der Waals surface area (Å²) in [6.45, 7) is 6.57. The van der Waals surface area contributed by atoms with Crippen LogP contribution in [-0.4, -0.2) is 31.6 Å². The molecule has 1 N–H and O–H groups in total. The van der Waals surface area contributed by atoms with Gasteiger partial charge in [0.1, 0.15) is 0 Å². The van der Waals surface area contributed by atoms with Crippen molar-refractivity contribution < 1.29 is 0 Å². The maximum atomic E-state index is 3.69. The molecule has 0 saturated carbocycles. The van der Waals surface area contributed by atoms with E-state index in [4.69, 9.17) is 0 Å². The van der Waals surface area contributed by atoms with E-state index in [9.17, 15) is 0 Å². The Morgan fingerprint density at radius 3 is 2.35 bits per heavy atom. The number of nitrogens with zero attached hydrogens (tertiary/aromatic N) is 1. The number of nitrogens with one attached hydrogen (secondary N) is 1. The Bertz CT molecular complexity index is 546. The quantitative estimate of drug-likeness (QED) is 0.864. The second-order valence-corrected chi connectivity index (χ2v) is 6.18. The molecule has 0 aliphatic heterocycles. The van der Waals surface area contributed by atoms with Crippen molar-refractivity contribution in [3.8, 4) is 0 Å². The van der Waals surface area contributed by atoms with Crippen molar-refractivity contribution >= 4 is 10.8 Å². The lowest BCUT2D eigenvalue weighted by molar-refractivity contribution is 0.288. The first-order valence-corrected chi connectivity index (χ1v) is 7.42. The fourth-order valence-electron chi connectivity index (χ4n) is 2.50. The van der Waals surface area contributed by atoms with E-state index in [1.165, 1.54) is 16.3 Å². The average molecular weight is 270 g/mol. The summed E-state index contributed by atoms with van der Waals surface area (Å²) < 4.78 is 0. The van der Waals surface area contributed by atoms with Crippen LogP contribution in [0.2, 0.25) is 0 Å². The molecule has 1 unspecified atom stereocenters. The third-order valence-electron chi connectivity index (χ3n) is 3.75. The third kappa shape index (κ3) is 4.06. The molecule has 0 spiro atoms. The second kappa shape index (κ2) is 6.87. The summed E-state index contributed by atoms with van der Waals surface area (Å²) in [5.41, 5.74) is 1.35. The Morgan fingerprint density at radius 1 is 1.00 bits per heavy atom. The number of hydrogen-bond donors (Lipinski definition) is 1. The zero-order valence-corrected chi connectivity index (χ0v) is 13.1. The molecule has 0 heterocycles. The van der Waals surface area contributed by atoms with Gasteiger partial charge in [-0.2, -0.15) is 0 Å². The van der Waals surface area contributed by atoms with Gasteiger partial charge in [0.2, 0.25) is 0 Å². The van der Waals surface area contributed by atoms with Gasteiger partial charge >= 0.3 is 0 Å². The van der Waals surface area contributed by atoms with Gasteiger partial charge in [-0.15, -0.1) is 0 Å². The maximum absolute atomic E-state index is 3.69. The predicted octanol–water partition coefficient (Wildman–Crippen LogP) is 3.52. The molecule has 0 saturated heterocycles. The Hall–Kier alpha value is -1.38. The van der Waals surface area contributed by atoms with Crippen LogP contribution in [0.4, 0.5) is 0 Å². The Kier molecular flexibility index (Phi) is 5.16. The van der Waals surface area contributed by atoms with Crippen LogP contribution in [0.3, 0.4) is 0 Å². The van der Waals surface area contributed by atoms with Crippen molar-refractivity contribution in [2.24, 2.45) is 5.92 Å². The van der Waals surface area contributed by atoms with Gasteiger partial charge in [-0.05, 0) is 42.4 Å². The van der Waals surface area contributed by atoms with Crippen LogP contribution in [0.25, 0.3) is 10.8 Å². The Morgan fingerprint density at radius 2 is 1.70 bits per heavy atom. The van der Waals surface area contributed by atoms with E-state index >= 15 is 0 Å². The molecule has 2 aromatic carbocycles. The summed E-state index contributed by atoms with van der Waals surface area (Å²) in [6, 6.07) is 15.8. The fourth-order valence-corrected chi connectivity index (χ4v) is 2.50. The number of fused-ring (bicyclic) bond motifs is 1. The van der Waals surface area contributed by atoms with E-state index in [0.717, 1.165) is 13.1 Å². The minimum absolute atomic E-state index is 0.525. The summed E-state index contributed by atoms with van der Waals surface area (Å²) in [6.07, 6.45) is 0. The fraction of sp³-hybridized carbons (Fsp3) is 0.444. The van der Waals surface area contributed by atoms with Gasteiger partial charge in [-0.1, -0.05) is 50.2 Å². The van der Waals surface area contributed by atoms with Gasteiger partial charge in [-0.3, -0.25) is 0 Å². The first-order valence-electron chi connectivity index (χ1n) is 7.42. The average Bonchev–Trinajstić information content (AvgIpc) is 2.42. The molecular formula is C18H26N2. The standard InChI is InChI=1S/C18H26N2/c1-14(2)18(13-20(3)4)19-12-15-9-10-16-7-5-6-8-17(16)11-15/h5-11,14,18-19H,12-13H2,1-4H3. The molecule has 0 aromatic heterocycles. The highest BCUT2D eigenvalue weighted by atomic mass is 15.1. The summed E-state index contributed by atoms with van der Waals surface area (Å²) >= 11 is 0. The lowest BCUT2D eigenvalue weighted by Gasteiger charge is -2.25. The number of benzene rings is 2. The second-order valence-electron chi connectivity index (χ2n) is 6.18. The van der Waals surface area contributed by atoms with E-state index in [1.807, 2.05) is 0 Å². The molecule has 0 bridgehead atoms. The topological polar surface area (TPSA) is 15.3 Å². The lowest BCUT2D eigenvalue weighted by Crippen LogP contribution is -2.41. The van der Waals surface area contributed by atoms with Crippen LogP contribution in [0.15, 0.2) is 42.5 Å². The van der Waals surface area contributed by atoms with Crippen molar-refractivity contribution in [3.63, 3.8) is 0 Å². The molecule has 2 heteroatoms. The van der Waals surface area contributed by atoms with Crippen LogP contribution >= 0.6 is 0 Å². The smallest absolute Gasteiger partial charge is 0.0220 e. The van der Waals surface area contributed by atoms with Gasteiger partial charge < -0.3 is 10.2 Å². The van der Waals surface area contributed by atoms with Crippen LogP contribution in [0.5, 0.6) is 0 Å². The molecule has 2 aromatic rings. The molecule has 1 atom stereocenters. The molecule has 20 heavy (non-hydrogen) atoms. The molecule has 0 fully saturated rings. The minimum atomic E-state index is 0.525. The van der Waals surface area contributed by atoms with Gasteiger partial charge in [0, 0.05) is 19.1 Å². The van der Waals surface area contributed by atoms with Crippen LogP contribution in [-0.2, 0) is 6.54 Å². The Labute approximate surface area is 122 Å². The molecule has 2 nitrogen and oxygen atoms in total. The third-order valence-corrected chi connectivity index (χ3v) is 3.75. The minimum Gasteiger partial charge on any atom is -0.308 e. The largest absolute Gasteiger partial charge is 0.308 e. The zero-order valence-electron chi connectivity index (χ0n) is 13.1. The highest BCUT2D eigenvalue weighted by Crippen LogP contribution is 2.16. The summed E-state index contributed by atoms with van der Waals surface area (Å²) in [5, 5.41) is 6.32. The first kappa shape index (κ1) is 15.0. The highest BCUT2D eigenvalue weighted by molar-refractivity contribution is 5.82. The Balaban J connectivity index is 2.03. The SMILES string of the molecule is CC(C)C(CN(C)C)NCc1ccc2ccccc2c1. The molecule has 0 aliphatic rings. The normalized spacial score (nSPS) is 13.3. The number of hydrogen-bond acceptors (Lipinski definition) is 2. The zero-order chi connectivity index (χ0) is 14.5. The number of rotatable bonds is 6. The van der Waals surface area contributed by atoms with Gasteiger partial charge in [0.25, 0.3) is 0 Å². The molecule has 0 amide bonds. The van der Waals surface area contributed by atoms with Crippen molar-refractivity contribution in [2.45, 2.75) is 26.4 Å². The molecular weight excluding hydrogens is 244 g/mol. The van der Waals surface area contributed by atoms with E-state index < -0.39 is 0 Å². The molecule has 0 aliphatic carbocycles. The molecule has 0 radical (unpaired) electrons. The summed E-state index contributed by atoms with van der Waals surface area (Å²) in [4.78, 5) is 2.25. The number of likely N-dealkylation sites (N-methyl/N-ethyl adjacent to an activating group) is 1. The van der Waals surface area contributed by atoms with Crippen molar-refractivity contribution in [3.05, 3.63) is 48.0 Å². The highest BCUT2D eigenvalue weighted by Gasteiger charge is 2.13. The van der Waals surface area contributed by atoms with Crippen LogP contribution in [0, 0.1) is 5.92 Å². The molecule has 2 rings (SSSR count). The van der Waals surface area contributed by atoms with E-state index in [0.29, 0.717) is 12.0 Å². The van der Waals surface area contributed by atoms with E-state index in [-0.39, 0.29) is 0 Å². The van der Waals surface area contributed by atoms with Gasteiger partial charge in [-0.25, -0.2) is 0 Å². The summed E-state index contributed by atoms with van der Waals surface area (Å²) in [5.74, 6) is 0.637. The van der Waals surface area contributed by atoms with E-state index in [1.54, 1.807) is 0 Å².